The molecule has 0 spiro atoms. The molecule has 0 unspecified atom stereocenters. The van der Waals surface area contributed by atoms with E-state index in [1.165, 1.54) is 23.9 Å². The summed E-state index contributed by atoms with van der Waals surface area (Å²) < 4.78 is 13.7. The number of nitrogens with one attached hydrogen (secondary N) is 1. The first-order chi connectivity index (χ1) is 9.54. The molecule has 1 amide bonds. The van der Waals surface area contributed by atoms with Crippen LogP contribution in [-0.2, 0) is 4.79 Å². The van der Waals surface area contributed by atoms with E-state index in [1.807, 2.05) is 25.1 Å². The van der Waals surface area contributed by atoms with Crippen molar-refractivity contribution < 1.29 is 9.18 Å². The Morgan fingerprint density at radius 1 is 1.25 bits per heavy atom. The maximum Gasteiger partial charge on any atom is 0.234 e. The third-order valence-corrected chi connectivity index (χ3v) is 4.29. The molecule has 0 aliphatic carbocycles. The average molecular weight is 354 g/mol. The number of carbonyl (C=O) groups is 1. The second-order valence-corrected chi connectivity index (χ2v) is 6.19. The van der Waals surface area contributed by atoms with Gasteiger partial charge in [0.1, 0.15) is 5.82 Å². The molecule has 2 aromatic carbocycles. The summed E-state index contributed by atoms with van der Waals surface area (Å²) in [5, 5.41) is 2.74. The Bertz CT molecular complexity index is 616. The SMILES string of the molecule is Cc1ccc(Br)cc1SCC(=O)Nc1ccc(F)cc1. The van der Waals surface area contributed by atoms with Gasteiger partial charge in [0, 0.05) is 15.1 Å². The van der Waals surface area contributed by atoms with Crippen molar-refractivity contribution in [3.63, 3.8) is 0 Å². The summed E-state index contributed by atoms with van der Waals surface area (Å²) in [5.41, 5.74) is 1.73. The summed E-state index contributed by atoms with van der Waals surface area (Å²) in [7, 11) is 0. The van der Waals surface area contributed by atoms with Crippen molar-refractivity contribution in [2.24, 2.45) is 0 Å². The van der Waals surface area contributed by atoms with E-state index < -0.39 is 0 Å². The molecule has 0 aromatic heterocycles. The summed E-state index contributed by atoms with van der Waals surface area (Å²) in [6.07, 6.45) is 0. The fraction of sp³-hybridized carbons (Fsp3) is 0.133. The number of thioether (sulfide) groups is 1. The van der Waals surface area contributed by atoms with Crippen LogP contribution in [0.25, 0.3) is 0 Å². The molecule has 1 N–H and O–H groups in total. The van der Waals surface area contributed by atoms with Gasteiger partial charge in [-0.2, -0.15) is 0 Å². The van der Waals surface area contributed by atoms with Crippen molar-refractivity contribution >= 4 is 39.3 Å². The average Bonchev–Trinajstić information content (AvgIpc) is 2.42. The van der Waals surface area contributed by atoms with Crippen LogP contribution < -0.4 is 5.32 Å². The maximum atomic E-state index is 12.8. The van der Waals surface area contributed by atoms with Crippen LogP contribution in [0.1, 0.15) is 5.56 Å². The highest BCUT2D eigenvalue weighted by Gasteiger charge is 2.06. The Kier molecular flexibility index (Phi) is 5.20. The number of rotatable bonds is 4. The van der Waals surface area contributed by atoms with Crippen molar-refractivity contribution in [3.8, 4) is 0 Å². The normalized spacial score (nSPS) is 10.3. The van der Waals surface area contributed by atoms with Gasteiger partial charge in [0.15, 0.2) is 0 Å². The Labute approximate surface area is 129 Å². The van der Waals surface area contributed by atoms with Gasteiger partial charge >= 0.3 is 0 Å². The molecule has 0 radical (unpaired) electrons. The molecule has 0 fully saturated rings. The fourth-order valence-electron chi connectivity index (χ4n) is 1.60. The molecular formula is C15H13BrFNOS. The summed E-state index contributed by atoms with van der Waals surface area (Å²) in [6.45, 7) is 2.01. The molecule has 0 aliphatic rings. The van der Waals surface area contributed by atoms with Crippen molar-refractivity contribution in [3.05, 3.63) is 58.3 Å². The molecule has 104 valence electrons. The molecule has 0 saturated heterocycles. The zero-order valence-corrected chi connectivity index (χ0v) is 13.2. The lowest BCUT2D eigenvalue weighted by Gasteiger charge is -2.07. The highest BCUT2D eigenvalue weighted by atomic mass is 79.9. The number of benzene rings is 2. The third-order valence-electron chi connectivity index (χ3n) is 2.64. The summed E-state index contributed by atoms with van der Waals surface area (Å²) in [4.78, 5) is 12.9. The number of halogens is 2. The third kappa shape index (κ3) is 4.35. The van der Waals surface area contributed by atoms with Gasteiger partial charge in [0.2, 0.25) is 5.91 Å². The quantitative estimate of drug-likeness (QED) is 0.812. The van der Waals surface area contributed by atoms with Gasteiger partial charge in [-0.1, -0.05) is 22.0 Å². The Morgan fingerprint density at radius 3 is 2.65 bits per heavy atom. The van der Waals surface area contributed by atoms with Crippen LogP contribution in [0.3, 0.4) is 0 Å². The first kappa shape index (κ1) is 15.1. The van der Waals surface area contributed by atoms with Crippen molar-refractivity contribution in [1.82, 2.24) is 0 Å². The minimum atomic E-state index is -0.317. The van der Waals surface area contributed by atoms with Crippen molar-refractivity contribution in [1.29, 1.82) is 0 Å². The number of aryl methyl sites for hydroxylation is 1. The van der Waals surface area contributed by atoms with E-state index in [0.29, 0.717) is 11.4 Å². The van der Waals surface area contributed by atoms with Gasteiger partial charge in [0.05, 0.1) is 5.75 Å². The topological polar surface area (TPSA) is 29.1 Å². The van der Waals surface area contributed by atoms with Crippen LogP contribution in [0, 0.1) is 12.7 Å². The van der Waals surface area contributed by atoms with Gasteiger partial charge in [0.25, 0.3) is 0 Å². The molecule has 20 heavy (non-hydrogen) atoms. The molecule has 0 heterocycles. The molecule has 2 nitrogen and oxygen atoms in total. The smallest absolute Gasteiger partial charge is 0.234 e. The van der Waals surface area contributed by atoms with Gasteiger partial charge in [-0.25, -0.2) is 4.39 Å². The number of carbonyl (C=O) groups excluding carboxylic acids is 1. The van der Waals surface area contributed by atoms with Crippen molar-refractivity contribution in [2.75, 3.05) is 11.1 Å². The lowest BCUT2D eigenvalue weighted by Crippen LogP contribution is -2.14. The van der Waals surface area contributed by atoms with E-state index in [0.717, 1.165) is 14.9 Å². The minimum absolute atomic E-state index is 0.110. The molecule has 2 aromatic rings. The number of hydrogen-bond acceptors (Lipinski definition) is 2. The molecule has 0 bridgehead atoms. The minimum Gasteiger partial charge on any atom is -0.325 e. The zero-order chi connectivity index (χ0) is 14.5. The molecule has 5 heteroatoms. The van der Waals surface area contributed by atoms with Crippen LogP contribution in [0.5, 0.6) is 0 Å². The molecule has 2 rings (SSSR count). The fourth-order valence-corrected chi connectivity index (χ4v) is 2.98. The number of amides is 1. The largest absolute Gasteiger partial charge is 0.325 e. The van der Waals surface area contributed by atoms with E-state index >= 15 is 0 Å². The van der Waals surface area contributed by atoms with Crippen molar-refractivity contribution in [2.45, 2.75) is 11.8 Å². The lowest BCUT2D eigenvalue weighted by atomic mass is 10.2. The first-order valence-electron chi connectivity index (χ1n) is 5.99. The van der Waals surface area contributed by atoms with Gasteiger partial charge in [-0.3, -0.25) is 4.79 Å². The van der Waals surface area contributed by atoms with Gasteiger partial charge in [-0.05, 0) is 48.9 Å². The summed E-state index contributed by atoms with van der Waals surface area (Å²) in [5.74, 6) is -0.114. The van der Waals surface area contributed by atoms with E-state index in [9.17, 15) is 9.18 Å². The number of hydrogen-bond donors (Lipinski definition) is 1. The number of anilines is 1. The second kappa shape index (κ2) is 6.90. The van der Waals surface area contributed by atoms with E-state index in [2.05, 4.69) is 21.2 Å². The van der Waals surface area contributed by atoms with Crippen LogP contribution in [0.2, 0.25) is 0 Å². The van der Waals surface area contributed by atoms with E-state index in [1.54, 1.807) is 12.1 Å². The van der Waals surface area contributed by atoms with E-state index in [-0.39, 0.29) is 11.7 Å². The zero-order valence-electron chi connectivity index (χ0n) is 10.8. The molecular weight excluding hydrogens is 341 g/mol. The first-order valence-corrected chi connectivity index (χ1v) is 7.77. The predicted molar refractivity (Wildman–Crippen MR) is 84.6 cm³/mol. The molecule has 0 atom stereocenters. The maximum absolute atomic E-state index is 12.8. The lowest BCUT2D eigenvalue weighted by molar-refractivity contribution is -0.113. The summed E-state index contributed by atoms with van der Waals surface area (Å²) in [6, 6.07) is 11.7. The Balaban J connectivity index is 1.92. The Morgan fingerprint density at radius 2 is 1.95 bits per heavy atom. The van der Waals surface area contributed by atoms with Crippen LogP contribution in [0.4, 0.5) is 10.1 Å². The Hall–Kier alpha value is -1.33. The van der Waals surface area contributed by atoms with E-state index in [4.69, 9.17) is 0 Å². The molecule has 0 saturated carbocycles. The van der Waals surface area contributed by atoms with Crippen LogP contribution in [0.15, 0.2) is 51.8 Å². The summed E-state index contributed by atoms with van der Waals surface area (Å²) >= 11 is 4.89. The highest BCUT2D eigenvalue weighted by Crippen LogP contribution is 2.26. The van der Waals surface area contributed by atoms with Crippen LogP contribution in [-0.4, -0.2) is 11.7 Å². The predicted octanol–water partition coefficient (Wildman–Crippen LogP) is 4.63. The standard InChI is InChI=1S/C15H13BrFNOS/c1-10-2-3-11(16)8-14(10)20-9-15(19)18-13-6-4-12(17)5-7-13/h2-8H,9H2,1H3,(H,18,19). The van der Waals surface area contributed by atoms with Gasteiger partial charge in [-0.15, -0.1) is 11.8 Å². The second-order valence-electron chi connectivity index (χ2n) is 4.25. The van der Waals surface area contributed by atoms with Gasteiger partial charge < -0.3 is 5.32 Å². The monoisotopic (exact) mass is 353 g/mol. The molecule has 0 aliphatic heterocycles. The highest BCUT2D eigenvalue weighted by molar-refractivity contribution is 9.10. The van der Waals surface area contributed by atoms with Crippen LogP contribution >= 0.6 is 27.7 Å².